The number of aliphatic hydroxyl groups is 3. The number of rotatable bonds is 8. The molecule has 0 amide bonds. The Morgan fingerprint density at radius 2 is 1.67 bits per heavy atom. The van der Waals surface area contributed by atoms with E-state index >= 15 is 0 Å². The maximum Gasteiger partial charge on any atom is 0.460 e. The minimum absolute atomic E-state index is 0.109. The molecule has 0 bridgehead atoms. The van der Waals surface area contributed by atoms with Crippen LogP contribution in [-0.4, -0.2) is 57.4 Å². The van der Waals surface area contributed by atoms with E-state index in [2.05, 4.69) is 19.6 Å². The normalized spacial score (nSPS) is 35.5. The average molecular weight is 609 g/mol. The summed E-state index contributed by atoms with van der Waals surface area (Å²) in [4.78, 5) is 12.3. The minimum atomic E-state index is -6.62. The molecule has 0 aromatic heterocycles. The molecule has 0 unspecified atom stereocenters. The molecule has 4 saturated carbocycles. The Hall–Kier alpha value is -1.98. The summed E-state index contributed by atoms with van der Waals surface area (Å²) in [6, 6.07) is 0. The van der Waals surface area contributed by atoms with Crippen LogP contribution in [0, 0.1) is 28.6 Å². The number of hydrogen-bond donors (Lipinski definition) is 3. The van der Waals surface area contributed by atoms with Crippen molar-refractivity contribution in [1.82, 2.24) is 0 Å². The maximum atomic E-state index is 14.2. The highest BCUT2D eigenvalue weighted by molar-refractivity contribution is 5.95. The summed E-state index contributed by atoms with van der Waals surface area (Å²) < 4.78 is 93.2. The molecule has 11 heteroatoms. The van der Waals surface area contributed by atoms with Gasteiger partial charge in [-0.15, -0.1) is 0 Å². The van der Waals surface area contributed by atoms with Crippen LogP contribution in [0.4, 0.5) is 30.7 Å². The van der Waals surface area contributed by atoms with Crippen LogP contribution in [0.5, 0.6) is 0 Å². The van der Waals surface area contributed by atoms with Crippen molar-refractivity contribution in [3.8, 4) is 0 Å². The van der Waals surface area contributed by atoms with E-state index in [9.17, 15) is 50.8 Å². The van der Waals surface area contributed by atoms with Gasteiger partial charge in [-0.2, -0.15) is 30.7 Å². The molecule has 3 N–H and O–H groups in total. The Kier molecular flexibility index (Phi) is 8.77. The molecule has 0 saturated heterocycles. The molecule has 236 valence electrons. The highest BCUT2D eigenvalue weighted by Crippen LogP contribution is 2.60. The van der Waals surface area contributed by atoms with E-state index in [0.717, 1.165) is 43.8 Å². The predicted octanol–water partition coefficient (Wildman–Crippen LogP) is 6.86. The van der Waals surface area contributed by atoms with Gasteiger partial charge >= 0.3 is 18.0 Å². The van der Waals surface area contributed by atoms with Gasteiger partial charge in [0.05, 0.1) is 23.7 Å². The second kappa shape index (κ2) is 11.2. The molecule has 4 aliphatic carbocycles. The molecular formula is C31H39F7O4. The smallest absolute Gasteiger partial charge is 0.393 e. The van der Waals surface area contributed by atoms with E-state index in [0.29, 0.717) is 12.0 Å². The number of allylic oxidation sites excluding steroid dienone is 4. The van der Waals surface area contributed by atoms with Gasteiger partial charge in [0.1, 0.15) is 0 Å². The molecule has 0 aromatic carbocycles. The summed E-state index contributed by atoms with van der Waals surface area (Å²) in [6.07, 6.45) is 0.943. The fourth-order valence-corrected chi connectivity index (χ4v) is 7.63. The van der Waals surface area contributed by atoms with Crippen molar-refractivity contribution in [1.29, 1.82) is 0 Å². The molecular weight excluding hydrogens is 569 g/mol. The van der Waals surface area contributed by atoms with Crippen molar-refractivity contribution < 1.29 is 50.8 Å². The van der Waals surface area contributed by atoms with Crippen molar-refractivity contribution in [2.45, 2.75) is 108 Å². The number of carbonyl (C=O) groups is 1. The van der Waals surface area contributed by atoms with Gasteiger partial charge in [0.2, 0.25) is 5.78 Å². The van der Waals surface area contributed by atoms with Crippen LogP contribution < -0.4 is 0 Å². The van der Waals surface area contributed by atoms with Crippen molar-refractivity contribution in [2.75, 3.05) is 0 Å². The van der Waals surface area contributed by atoms with E-state index < -0.39 is 60.4 Å². The van der Waals surface area contributed by atoms with Crippen LogP contribution >= 0.6 is 0 Å². The van der Waals surface area contributed by atoms with Gasteiger partial charge in [-0.05, 0) is 85.7 Å². The fourth-order valence-electron chi connectivity index (χ4n) is 7.63. The van der Waals surface area contributed by atoms with Crippen molar-refractivity contribution in [3.05, 3.63) is 47.6 Å². The third-order valence-electron chi connectivity index (χ3n) is 10.4. The molecule has 0 heterocycles. The van der Waals surface area contributed by atoms with Crippen molar-refractivity contribution in [3.63, 3.8) is 0 Å². The van der Waals surface area contributed by atoms with Crippen LogP contribution in [-0.2, 0) is 4.79 Å². The number of hydrogen-bond acceptors (Lipinski definition) is 4. The quantitative estimate of drug-likeness (QED) is 0.208. The van der Waals surface area contributed by atoms with Crippen LogP contribution in [0.1, 0.15) is 71.6 Å². The van der Waals surface area contributed by atoms with Crippen LogP contribution in [0.2, 0.25) is 0 Å². The van der Waals surface area contributed by atoms with Gasteiger partial charge in [-0.3, -0.25) is 4.79 Å². The number of carbonyl (C=O) groups excluding carboxylic acids is 1. The first-order chi connectivity index (χ1) is 19.3. The number of alkyl halides is 7. The first kappa shape index (κ1) is 32.9. The molecule has 7 atom stereocenters. The molecule has 4 rings (SSSR count). The molecule has 0 aliphatic heterocycles. The summed E-state index contributed by atoms with van der Waals surface area (Å²) in [7, 11) is 0. The zero-order valence-corrected chi connectivity index (χ0v) is 23.7. The Bertz CT molecular complexity index is 1170. The van der Waals surface area contributed by atoms with E-state index in [1.165, 1.54) is 5.57 Å². The lowest BCUT2D eigenvalue weighted by molar-refractivity contribution is -0.344. The fraction of sp³-hybridized carbons (Fsp3) is 0.710. The van der Waals surface area contributed by atoms with Gasteiger partial charge in [-0.25, -0.2) is 0 Å². The molecule has 42 heavy (non-hydrogen) atoms. The number of halogens is 7. The van der Waals surface area contributed by atoms with E-state index in [1.807, 2.05) is 13.0 Å². The Balaban J connectivity index is 1.48. The summed E-state index contributed by atoms with van der Waals surface area (Å²) in [5.74, 6) is -15.0. The summed E-state index contributed by atoms with van der Waals surface area (Å²) in [5, 5.41) is 30.8. The predicted molar refractivity (Wildman–Crippen MR) is 142 cm³/mol. The monoisotopic (exact) mass is 608 g/mol. The van der Waals surface area contributed by atoms with Gasteiger partial charge in [0.15, 0.2) is 0 Å². The Morgan fingerprint density at radius 1 is 1.02 bits per heavy atom. The first-order valence-electron chi connectivity index (χ1n) is 14.5. The lowest BCUT2D eigenvalue weighted by Crippen LogP contribution is -2.59. The zero-order valence-electron chi connectivity index (χ0n) is 23.7. The van der Waals surface area contributed by atoms with Crippen molar-refractivity contribution in [2.24, 2.45) is 28.6 Å². The van der Waals surface area contributed by atoms with Gasteiger partial charge < -0.3 is 15.3 Å². The maximum absolute atomic E-state index is 14.2. The van der Waals surface area contributed by atoms with Gasteiger partial charge in [0.25, 0.3) is 0 Å². The third kappa shape index (κ3) is 5.54. The topological polar surface area (TPSA) is 77.8 Å². The summed E-state index contributed by atoms with van der Waals surface area (Å²) in [6.45, 7) is 8.01. The van der Waals surface area contributed by atoms with E-state index in [-0.39, 0.29) is 29.6 Å². The largest absolute Gasteiger partial charge is 0.460 e. The standard InChI is InChI=1S/C31H39F7O4/c1-17(6-11-25(41)28(13-14-28)26(42)29(32,33)30(34,35)31(36,37)38)22-9-10-23-19(5-4-12-27(22,23)3)7-8-20-15-21(39)16-24(40)18(20)2/h6-8,11,17,21-25,39-41H,2,4-5,9-10,12-16H2,1,3H3/t17-,21-,22-,23+,24+,25-,27-/m1/s1. The molecule has 4 nitrogen and oxygen atoms in total. The first-order valence-corrected chi connectivity index (χ1v) is 14.5. The van der Waals surface area contributed by atoms with E-state index in [4.69, 9.17) is 0 Å². The Labute approximate surface area is 241 Å². The molecule has 0 aromatic rings. The number of ketones is 1. The zero-order chi connectivity index (χ0) is 31.5. The highest BCUT2D eigenvalue weighted by Gasteiger charge is 2.79. The average Bonchev–Trinajstić information content (AvgIpc) is 3.62. The third-order valence-corrected chi connectivity index (χ3v) is 10.4. The number of Topliss-reactive ketones (excluding diaryl/α,β-unsaturated/α-hetero) is 1. The molecule has 4 fully saturated rings. The van der Waals surface area contributed by atoms with Crippen LogP contribution in [0.3, 0.4) is 0 Å². The second-order valence-corrected chi connectivity index (χ2v) is 13.0. The minimum Gasteiger partial charge on any atom is -0.393 e. The van der Waals surface area contributed by atoms with Crippen molar-refractivity contribution >= 4 is 5.78 Å². The summed E-state index contributed by atoms with van der Waals surface area (Å²) >= 11 is 0. The molecule has 0 spiro atoms. The van der Waals surface area contributed by atoms with Gasteiger partial charge in [0, 0.05) is 6.42 Å². The molecule has 0 radical (unpaired) electrons. The van der Waals surface area contributed by atoms with Gasteiger partial charge in [-0.1, -0.05) is 50.3 Å². The number of aliphatic hydroxyl groups excluding tert-OH is 3. The Morgan fingerprint density at radius 3 is 2.26 bits per heavy atom. The van der Waals surface area contributed by atoms with Crippen LogP contribution in [0.15, 0.2) is 47.6 Å². The van der Waals surface area contributed by atoms with Crippen LogP contribution in [0.25, 0.3) is 0 Å². The lowest BCUT2D eigenvalue weighted by atomic mass is 9.61. The summed E-state index contributed by atoms with van der Waals surface area (Å²) in [5.41, 5.74) is 0.129. The number of fused-ring (bicyclic) bond motifs is 1. The SMILES string of the molecule is C=C1C(=CC=C2CCC[C@]3(C)[C@@H]([C@H](C)C=C[C@@H](O)C4(C(=O)C(F)(F)C(F)(F)C(F)(F)F)CC4)CC[C@@H]23)C[C@@H](O)C[C@@H]1O. The molecule has 4 aliphatic rings. The highest BCUT2D eigenvalue weighted by atomic mass is 19.4. The van der Waals surface area contributed by atoms with E-state index in [1.54, 1.807) is 6.08 Å². The lowest BCUT2D eigenvalue weighted by Gasteiger charge is -2.44. The second-order valence-electron chi connectivity index (χ2n) is 13.0.